The molecule has 0 spiro atoms. The molecule has 1 N–H and O–H groups in total. The van der Waals surface area contributed by atoms with Crippen molar-refractivity contribution in [2.24, 2.45) is 39.9 Å². The largest absolute Gasteiger partial charge is 0.432 e. The van der Waals surface area contributed by atoms with Gasteiger partial charge in [-0.15, -0.1) is 0 Å². The van der Waals surface area contributed by atoms with Crippen molar-refractivity contribution in [3.8, 4) is 0 Å². The molecule has 0 amide bonds. The molecule has 0 aromatic carbocycles. The van der Waals surface area contributed by atoms with Crippen LogP contribution in [0.25, 0.3) is 0 Å². The Morgan fingerprint density at radius 3 is 2.13 bits per heavy atom. The minimum atomic E-state index is -2.20. The van der Waals surface area contributed by atoms with E-state index in [1.807, 2.05) is 5.57 Å². The monoisotopic (exact) mass is 657 g/mol. The van der Waals surface area contributed by atoms with E-state index >= 15 is 0 Å². The van der Waals surface area contributed by atoms with Gasteiger partial charge in [-0.1, -0.05) is 118 Å². The third-order valence-electron chi connectivity index (χ3n) is 15.9. The molecule has 45 heavy (non-hydrogen) atoms. The Bertz CT molecular complexity index is 1100. The van der Waals surface area contributed by atoms with Crippen molar-refractivity contribution in [1.82, 2.24) is 0 Å². The second kappa shape index (κ2) is 12.9. The van der Waals surface area contributed by atoms with Crippen LogP contribution in [0.3, 0.4) is 0 Å². The van der Waals surface area contributed by atoms with Gasteiger partial charge in [0.25, 0.3) is 0 Å². The summed E-state index contributed by atoms with van der Waals surface area (Å²) >= 11 is 0. The van der Waals surface area contributed by atoms with Crippen LogP contribution in [0.15, 0.2) is 23.3 Å². The summed E-state index contributed by atoms with van der Waals surface area (Å²) in [5, 5.41) is 0.335. The first-order valence-electron chi connectivity index (χ1n) is 19.4. The molecule has 0 unspecified atom stereocenters. The molecular weight excluding hydrogens is 581 g/mol. The quantitative estimate of drug-likeness (QED) is 0.212. The molecule has 4 aliphatic carbocycles. The zero-order valence-corrected chi connectivity index (χ0v) is 34.6. The summed E-state index contributed by atoms with van der Waals surface area (Å²) in [6.45, 7) is 33.7. The smallest absolute Gasteiger partial charge is 0.192 e. The van der Waals surface area contributed by atoms with Crippen molar-refractivity contribution >= 4 is 16.6 Å². The van der Waals surface area contributed by atoms with E-state index in [0.29, 0.717) is 22.3 Å². The minimum absolute atomic E-state index is 0.0606. The molecule has 4 rings (SSSR count). The van der Waals surface area contributed by atoms with Gasteiger partial charge in [0.05, 0.1) is 0 Å². The van der Waals surface area contributed by atoms with Gasteiger partial charge >= 0.3 is 0 Å². The summed E-state index contributed by atoms with van der Waals surface area (Å²) in [6.07, 6.45) is 22.6. The number of fused-ring (bicyclic) bond motifs is 5. The third-order valence-corrected chi connectivity index (χ3v) is 23.9. The Balaban J connectivity index is 1.43. The predicted octanol–water partition coefficient (Wildman–Crippen LogP) is 12.9. The van der Waals surface area contributed by atoms with Crippen LogP contribution in [-0.4, -0.2) is 27.5 Å². The lowest BCUT2D eigenvalue weighted by atomic mass is 9.50. The minimum Gasteiger partial charge on any atom is -0.432 e. The molecule has 4 heteroatoms. The highest BCUT2D eigenvalue weighted by Crippen LogP contribution is 2.66. The van der Waals surface area contributed by atoms with Crippen molar-refractivity contribution in [3.63, 3.8) is 0 Å². The van der Waals surface area contributed by atoms with E-state index < -0.39 is 16.6 Å². The number of allylic oxidation sites excluding steroid dienone is 3. The van der Waals surface area contributed by atoms with Crippen LogP contribution in [0.5, 0.6) is 0 Å². The average molecular weight is 657 g/mol. The standard InChI is InChI=1S/C41H76O2Si2/c1-15-41(16-2,29-38(7,8)44(11,12)42)25-17-18-30(3)34-21-22-35-33-20-19-31-28-32(43-45(13,14)37(4,5)6)23-26-39(31,9)36(33)24-27-40(34,35)10/h19-20,30,32,34-36,42H,15-18,21-29H2,1-14H3/t30-,32-,34+,35-,36-,39-,40+/m0/s1. The average Bonchev–Trinajstić information content (AvgIpc) is 3.28. The molecule has 0 radical (unpaired) electrons. The molecule has 2 nitrogen and oxygen atoms in total. The highest BCUT2D eigenvalue weighted by molar-refractivity contribution is 6.74. The number of rotatable bonds is 12. The molecule has 0 heterocycles. The lowest BCUT2D eigenvalue weighted by Gasteiger charge is -2.56. The molecule has 3 saturated carbocycles. The van der Waals surface area contributed by atoms with E-state index in [1.165, 1.54) is 77.0 Å². The Kier molecular flexibility index (Phi) is 10.8. The second-order valence-electron chi connectivity index (χ2n) is 20.0. The van der Waals surface area contributed by atoms with Crippen molar-refractivity contribution in [3.05, 3.63) is 23.3 Å². The van der Waals surface area contributed by atoms with E-state index in [0.717, 1.165) is 30.1 Å². The zero-order chi connectivity index (χ0) is 33.9. The lowest BCUT2D eigenvalue weighted by molar-refractivity contribution is 0.0335. The SMILES string of the molecule is CCC(CC)(CCC[C@H](C)[C@H]1CC[C@H]2C3=CC=C4C[C@@H](O[Si](C)(C)C(C)(C)C)CC[C@]4(C)[C@H]3CC[C@]12C)CC(C)(C)[Si](C)(C)O. The molecule has 0 bridgehead atoms. The van der Waals surface area contributed by atoms with Gasteiger partial charge in [0.15, 0.2) is 16.6 Å². The Morgan fingerprint density at radius 1 is 0.911 bits per heavy atom. The fourth-order valence-corrected chi connectivity index (χ4v) is 12.9. The maximum atomic E-state index is 11.1. The third kappa shape index (κ3) is 7.12. The Morgan fingerprint density at radius 2 is 1.56 bits per heavy atom. The summed E-state index contributed by atoms with van der Waals surface area (Å²) in [5.41, 5.74) is 4.71. The summed E-state index contributed by atoms with van der Waals surface area (Å²) in [4.78, 5) is 11.1. The van der Waals surface area contributed by atoms with Crippen molar-refractivity contribution in [2.45, 2.75) is 195 Å². The van der Waals surface area contributed by atoms with E-state index in [1.54, 1.807) is 5.57 Å². The van der Waals surface area contributed by atoms with E-state index in [2.05, 4.69) is 108 Å². The van der Waals surface area contributed by atoms with Crippen molar-refractivity contribution < 1.29 is 9.22 Å². The lowest BCUT2D eigenvalue weighted by Crippen LogP contribution is -2.49. The second-order valence-corrected chi connectivity index (χ2v) is 29.3. The van der Waals surface area contributed by atoms with E-state index in [-0.39, 0.29) is 10.1 Å². The van der Waals surface area contributed by atoms with Crippen LogP contribution in [0.2, 0.25) is 36.3 Å². The van der Waals surface area contributed by atoms with E-state index in [4.69, 9.17) is 4.43 Å². The Hall–Kier alpha value is -0.166. The fraction of sp³-hybridized carbons (Fsp3) is 0.902. The van der Waals surface area contributed by atoms with Crippen LogP contribution in [-0.2, 0) is 4.43 Å². The van der Waals surface area contributed by atoms with Crippen LogP contribution >= 0.6 is 0 Å². The first kappa shape index (κ1) is 37.6. The van der Waals surface area contributed by atoms with Gasteiger partial charge in [0.2, 0.25) is 0 Å². The molecule has 0 aliphatic heterocycles. The van der Waals surface area contributed by atoms with Crippen LogP contribution in [0.1, 0.15) is 153 Å². The number of hydrogen-bond donors (Lipinski definition) is 1. The Labute approximate surface area is 283 Å². The van der Waals surface area contributed by atoms with Gasteiger partial charge in [-0.2, -0.15) is 0 Å². The van der Waals surface area contributed by atoms with Crippen LogP contribution < -0.4 is 0 Å². The summed E-state index contributed by atoms with van der Waals surface area (Å²) < 4.78 is 6.97. The normalized spacial score (nSPS) is 33.6. The molecule has 4 aliphatic rings. The van der Waals surface area contributed by atoms with Gasteiger partial charge in [-0.25, -0.2) is 0 Å². The molecule has 260 valence electrons. The first-order valence-corrected chi connectivity index (χ1v) is 25.2. The van der Waals surface area contributed by atoms with Crippen LogP contribution in [0, 0.1) is 39.9 Å². The molecule has 0 aromatic rings. The number of hydrogen-bond acceptors (Lipinski definition) is 2. The summed E-state index contributed by atoms with van der Waals surface area (Å²) in [7, 11) is -3.95. The summed E-state index contributed by atoms with van der Waals surface area (Å²) in [6, 6.07) is 0. The highest BCUT2D eigenvalue weighted by Gasteiger charge is 2.57. The first-order chi connectivity index (χ1) is 20.6. The highest BCUT2D eigenvalue weighted by atomic mass is 28.4. The maximum Gasteiger partial charge on any atom is 0.192 e. The fourth-order valence-electron chi connectivity index (χ4n) is 10.7. The zero-order valence-electron chi connectivity index (χ0n) is 32.6. The predicted molar refractivity (Wildman–Crippen MR) is 202 cm³/mol. The molecular formula is C41H76O2Si2. The van der Waals surface area contributed by atoms with Crippen molar-refractivity contribution in [1.29, 1.82) is 0 Å². The van der Waals surface area contributed by atoms with E-state index in [9.17, 15) is 4.80 Å². The van der Waals surface area contributed by atoms with Crippen molar-refractivity contribution in [2.75, 3.05) is 0 Å². The van der Waals surface area contributed by atoms with Gasteiger partial charge < -0.3 is 9.22 Å². The van der Waals surface area contributed by atoms with Crippen LogP contribution in [0.4, 0.5) is 0 Å². The molecule has 0 saturated heterocycles. The molecule has 3 fully saturated rings. The van der Waals surface area contributed by atoms with Gasteiger partial charge in [0, 0.05) is 6.10 Å². The van der Waals surface area contributed by atoms with Gasteiger partial charge in [0.1, 0.15) is 0 Å². The summed E-state index contributed by atoms with van der Waals surface area (Å²) in [5.74, 6) is 3.18. The van der Waals surface area contributed by atoms with Gasteiger partial charge in [-0.3, -0.25) is 0 Å². The molecule has 0 aromatic heterocycles. The topological polar surface area (TPSA) is 29.5 Å². The van der Waals surface area contributed by atoms with Gasteiger partial charge in [-0.05, 0) is 134 Å². The maximum absolute atomic E-state index is 11.1. The molecule has 7 atom stereocenters.